The third-order valence-electron chi connectivity index (χ3n) is 4.61. The SMILES string of the molecule is CCCCCCN(/C=C/C=C1\C(=O)N(C)C(=O)N1C)CCCCCC. The first-order valence-electron chi connectivity index (χ1n) is 9.71. The molecule has 0 saturated carbocycles. The van der Waals surface area contributed by atoms with E-state index in [1.807, 2.05) is 6.08 Å². The number of nitrogens with zero attached hydrogens (tertiary/aromatic N) is 3. The van der Waals surface area contributed by atoms with Gasteiger partial charge in [-0.2, -0.15) is 0 Å². The Hall–Kier alpha value is -1.78. The number of carbonyl (C=O) groups excluding carboxylic acids is 2. The second-order valence-electron chi connectivity index (χ2n) is 6.76. The molecule has 0 unspecified atom stereocenters. The lowest BCUT2D eigenvalue weighted by Gasteiger charge is -2.20. The summed E-state index contributed by atoms with van der Waals surface area (Å²) < 4.78 is 0. The molecule has 0 atom stereocenters. The molecule has 1 heterocycles. The third kappa shape index (κ3) is 6.92. The molecule has 1 aliphatic rings. The van der Waals surface area contributed by atoms with Gasteiger partial charge in [0.1, 0.15) is 5.70 Å². The van der Waals surface area contributed by atoms with Crippen LogP contribution < -0.4 is 0 Å². The molecule has 25 heavy (non-hydrogen) atoms. The summed E-state index contributed by atoms with van der Waals surface area (Å²) in [5, 5.41) is 0. The maximum absolute atomic E-state index is 12.0. The van der Waals surface area contributed by atoms with Crippen molar-refractivity contribution in [3.63, 3.8) is 0 Å². The highest BCUT2D eigenvalue weighted by Gasteiger charge is 2.35. The molecule has 5 nitrogen and oxygen atoms in total. The molecular formula is C20H35N3O2. The Balaban J connectivity index is 2.61. The minimum atomic E-state index is -0.277. The first kappa shape index (κ1) is 21.3. The second kappa shape index (κ2) is 11.7. The molecule has 0 spiro atoms. The van der Waals surface area contributed by atoms with E-state index in [1.165, 1.54) is 63.3 Å². The molecular weight excluding hydrogens is 314 g/mol. The van der Waals surface area contributed by atoms with Crippen molar-refractivity contribution in [2.45, 2.75) is 65.2 Å². The highest BCUT2D eigenvalue weighted by atomic mass is 16.2. The normalized spacial score (nSPS) is 16.7. The summed E-state index contributed by atoms with van der Waals surface area (Å²) in [5.41, 5.74) is 0.431. The van der Waals surface area contributed by atoms with Gasteiger partial charge in [-0.25, -0.2) is 4.79 Å². The van der Waals surface area contributed by atoms with Crippen molar-refractivity contribution in [2.24, 2.45) is 0 Å². The van der Waals surface area contributed by atoms with Gasteiger partial charge in [-0.15, -0.1) is 0 Å². The van der Waals surface area contributed by atoms with E-state index < -0.39 is 0 Å². The Labute approximate surface area is 153 Å². The van der Waals surface area contributed by atoms with Gasteiger partial charge in [0.05, 0.1) is 0 Å². The average molecular weight is 350 g/mol. The Morgan fingerprint density at radius 1 is 0.840 bits per heavy atom. The highest BCUT2D eigenvalue weighted by molar-refractivity contribution is 6.11. The number of amides is 3. The van der Waals surface area contributed by atoms with Gasteiger partial charge in [-0.1, -0.05) is 52.4 Å². The van der Waals surface area contributed by atoms with E-state index in [-0.39, 0.29) is 11.9 Å². The van der Waals surface area contributed by atoms with Gasteiger partial charge in [-0.3, -0.25) is 14.6 Å². The summed E-state index contributed by atoms with van der Waals surface area (Å²) in [4.78, 5) is 28.7. The maximum Gasteiger partial charge on any atom is 0.331 e. The van der Waals surface area contributed by atoms with Gasteiger partial charge in [0, 0.05) is 27.2 Å². The van der Waals surface area contributed by atoms with Crippen molar-refractivity contribution < 1.29 is 9.59 Å². The van der Waals surface area contributed by atoms with Crippen LogP contribution in [0.3, 0.4) is 0 Å². The zero-order valence-corrected chi connectivity index (χ0v) is 16.5. The smallest absolute Gasteiger partial charge is 0.331 e. The van der Waals surface area contributed by atoms with Gasteiger partial charge >= 0.3 is 6.03 Å². The molecule has 0 radical (unpaired) electrons. The fourth-order valence-corrected chi connectivity index (χ4v) is 2.91. The van der Waals surface area contributed by atoms with E-state index in [9.17, 15) is 9.59 Å². The number of carbonyl (C=O) groups is 2. The largest absolute Gasteiger partial charge is 0.377 e. The van der Waals surface area contributed by atoms with Gasteiger partial charge in [0.2, 0.25) is 0 Å². The van der Waals surface area contributed by atoms with E-state index in [0.29, 0.717) is 5.70 Å². The quantitative estimate of drug-likeness (QED) is 0.298. The predicted molar refractivity (Wildman–Crippen MR) is 103 cm³/mol. The summed E-state index contributed by atoms with van der Waals surface area (Å²) in [6.45, 7) is 6.55. The predicted octanol–water partition coefficient (Wildman–Crippen LogP) is 4.37. The molecule has 1 aliphatic heterocycles. The standard InChI is InChI=1S/C20H35N3O2/c1-5-7-9-11-15-23(16-12-10-8-6-2)17-13-14-18-19(24)22(4)20(25)21(18)3/h13-14,17H,5-12,15-16H2,1-4H3/b17-13+,18-14+. The molecule has 0 aromatic heterocycles. The van der Waals surface area contributed by atoms with Crippen LogP contribution in [0, 0.1) is 0 Å². The van der Waals surface area contributed by atoms with Crippen molar-refractivity contribution >= 4 is 11.9 Å². The van der Waals surface area contributed by atoms with Crippen molar-refractivity contribution in [3.05, 3.63) is 24.0 Å². The molecule has 0 aliphatic carbocycles. The van der Waals surface area contributed by atoms with Crippen LogP contribution in [0.4, 0.5) is 4.79 Å². The van der Waals surface area contributed by atoms with E-state index in [4.69, 9.17) is 0 Å². The fourth-order valence-electron chi connectivity index (χ4n) is 2.91. The third-order valence-corrected chi connectivity index (χ3v) is 4.61. The number of likely N-dealkylation sites (N-methyl/N-ethyl adjacent to an activating group) is 2. The van der Waals surface area contributed by atoms with Crippen LogP contribution in [0.2, 0.25) is 0 Å². The number of hydrogen-bond donors (Lipinski definition) is 0. The first-order valence-corrected chi connectivity index (χ1v) is 9.71. The Bertz CT molecular complexity index is 473. The topological polar surface area (TPSA) is 43.9 Å². The summed E-state index contributed by atoms with van der Waals surface area (Å²) in [7, 11) is 3.15. The number of rotatable bonds is 12. The van der Waals surface area contributed by atoms with Crippen molar-refractivity contribution in [1.82, 2.24) is 14.7 Å². The molecule has 0 aromatic rings. The van der Waals surface area contributed by atoms with Crippen LogP contribution in [-0.4, -0.2) is 53.8 Å². The first-order chi connectivity index (χ1) is 12.0. The molecule has 0 bridgehead atoms. The van der Waals surface area contributed by atoms with Crippen molar-refractivity contribution in [2.75, 3.05) is 27.2 Å². The monoisotopic (exact) mass is 349 g/mol. The second-order valence-corrected chi connectivity index (χ2v) is 6.76. The fraction of sp³-hybridized carbons (Fsp3) is 0.700. The summed E-state index contributed by atoms with van der Waals surface area (Å²) in [5.74, 6) is -0.241. The molecule has 3 amide bonds. The minimum Gasteiger partial charge on any atom is -0.377 e. The highest BCUT2D eigenvalue weighted by Crippen LogP contribution is 2.17. The summed E-state index contributed by atoms with van der Waals surface area (Å²) in [6, 6.07) is -0.277. The average Bonchev–Trinajstić information content (AvgIpc) is 2.79. The zero-order valence-electron chi connectivity index (χ0n) is 16.5. The molecule has 0 aromatic carbocycles. The number of unbranched alkanes of at least 4 members (excludes halogenated alkanes) is 6. The van der Waals surface area contributed by atoms with Gasteiger partial charge in [-0.05, 0) is 31.2 Å². The summed E-state index contributed by atoms with van der Waals surface area (Å²) in [6.07, 6.45) is 15.7. The van der Waals surface area contributed by atoms with Gasteiger partial charge in [0.25, 0.3) is 5.91 Å². The van der Waals surface area contributed by atoms with Crippen molar-refractivity contribution in [3.8, 4) is 0 Å². The lowest BCUT2D eigenvalue weighted by molar-refractivity contribution is -0.122. The minimum absolute atomic E-state index is 0.241. The molecule has 0 N–H and O–H groups in total. The Morgan fingerprint density at radius 3 is 1.84 bits per heavy atom. The Kier molecular flexibility index (Phi) is 9.97. The number of allylic oxidation sites excluding steroid dienone is 2. The molecule has 1 fully saturated rings. The van der Waals surface area contributed by atoms with E-state index in [1.54, 1.807) is 13.1 Å². The molecule has 1 saturated heterocycles. The van der Waals surface area contributed by atoms with Crippen LogP contribution in [-0.2, 0) is 4.79 Å². The van der Waals surface area contributed by atoms with Crippen LogP contribution >= 0.6 is 0 Å². The van der Waals surface area contributed by atoms with E-state index >= 15 is 0 Å². The van der Waals surface area contributed by atoms with Crippen LogP contribution in [0.25, 0.3) is 0 Å². The van der Waals surface area contributed by atoms with Gasteiger partial charge in [0.15, 0.2) is 0 Å². The molecule has 5 heteroatoms. The molecule has 142 valence electrons. The molecule has 1 rings (SSSR count). The number of hydrogen-bond acceptors (Lipinski definition) is 3. The van der Waals surface area contributed by atoms with E-state index in [2.05, 4.69) is 24.9 Å². The zero-order chi connectivity index (χ0) is 18.7. The van der Waals surface area contributed by atoms with Crippen LogP contribution in [0.1, 0.15) is 65.2 Å². The van der Waals surface area contributed by atoms with E-state index in [0.717, 1.165) is 18.0 Å². The lowest BCUT2D eigenvalue weighted by atomic mass is 10.2. The van der Waals surface area contributed by atoms with Gasteiger partial charge < -0.3 is 4.90 Å². The van der Waals surface area contributed by atoms with Crippen LogP contribution in [0.5, 0.6) is 0 Å². The number of imide groups is 1. The Morgan fingerprint density at radius 2 is 1.40 bits per heavy atom. The maximum atomic E-state index is 12.0. The van der Waals surface area contributed by atoms with Crippen LogP contribution in [0.15, 0.2) is 24.0 Å². The lowest BCUT2D eigenvalue weighted by Crippen LogP contribution is -2.27. The van der Waals surface area contributed by atoms with Crippen molar-refractivity contribution in [1.29, 1.82) is 0 Å². The number of urea groups is 1. The summed E-state index contributed by atoms with van der Waals surface area (Å²) >= 11 is 0.